The van der Waals surface area contributed by atoms with Gasteiger partial charge >= 0.3 is 0 Å². The average molecular weight is 515 g/mol. The van der Waals surface area contributed by atoms with Crippen molar-refractivity contribution in [2.24, 2.45) is 0 Å². The summed E-state index contributed by atoms with van der Waals surface area (Å²) in [5, 5.41) is 13.4. The van der Waals surface area contributed by atoms with Crippen LogP contribution in [0.5, 0.6) is 11.5 Å². The largest absolute Gasteiger partial charge is 0.493 e. The van der Waals surface area contributed by atoms with Gasteiger partial charge < -0.3 is 24.4 Å². The summed E-state index contributed by atoms with van der Waals surface area (Å²) in [6, 6.07) is 20.9. The monoisotopic (exact) mass is 514 g/mol. The van der Waals surface area contributed by atoms with Crippen molar-refractivity contribution >= 4 is 22.8 Å². The molecule has 0 spiro atoms. The van der Waals surface area contributed by atoms with E-state index in [0.717, 1.165) is 57.4 Å². The summed E-state index contributed by atoms with van der Waals surface area (Å²) in [7, 11) is 1.60. The van der Waals surface area contributed by atoms with E-state index in [1.54, 1.807) is 19.3 Å². The number of benzene rings is 3. The minimum atomic E-state index is -0.625. The topological polar surface area (TPSA) is 62.2 Å². The molecule has 2 saturated heterocycles. The molecule has 0 bridgehead atoms. The van der Waals surface area contributed by atoms with Gasteiger partial charge in [-0.05, 0) is 73.2 Å². The second-order valence-corrected chi connectivity index (χ2v) is 10.4. The highest BCUT2D eigenvalue weighted by Gasteiger charge is 2.23. The molecule has 6 nitrogen and oxygen atoms in total. The van der Waals surface area contributed by atoms with E-state index in [2.05, 4.69) is 47.4 Å². The first-order chi connectivity index (χ1) is 18.6. The summed E-state index contributed by atoms with van der Waals surface area (Å²) in [6.45, 7) is 4.27. The van der Waals surface area contributed by atoms with E-state index in [0.29, 0.717) is 24.0 Å². The summed E-state index contributed by atoms with van der Waals surface area (Å²) < 4.78 is 11.6. The number of piperidine rings is 1. The Morgan fingerprint density at radius 2 is 1.76 bits per heavy atom. The van der Waals surface area contributed by atoms with Crippen LogP contribution >= 0.6 is 0 Å². The predicted molar refractivity (Wildman–Crippen MR) is 152 cm³/mol. The van der Waals surface area contributed by atoms with Gasteiger partial charge in [0.15, 0.2) is 11.5 Å². The van der Waals surface area contributed by atoms with Gasteiger partial charge in [-0.25, -0.2) is 0 Å². The quantitative estimate of drug-likeness (QED) is 0.403. The lowest BCUT2D eigenvalue weighted by molar-refractivity contribution is -0.124. The van der Waals surface area contributed by atoms with Crippen molar-refractivity contribution in [2.45, 2.75) is 37.7 Å². The molecule has 2 heterocycles. The maximum absolute atomic E-state index is 12.5. The fraction of sp³-hybridized carbons (Fsp3) is 0.406. The van der Waals surface area contributed by atoms with Crippen LogP contribution in [0.4, 0.5) is 0 Å². The number of ether oxygens (including phenoxy) is 2. The molecular weight excluding hydrogens is 476 g/mol. The van der Waals surface area contributed by atoms with Gasteiger partial charge in [0, 0.05) is 31.3 Å². The van der Waals surface area contributed by atoms with E-state index in [4.69, 9.17) is 9.47 Å². The number of fused-ring (bicyclic) bond motifs is 1. The summed E-state index contributed by atoms with van der Waals surface area (Å²) in [6.07, 6.45) is 7.04. The lowest BCUT2D eigenvalue weighted by atomic mass is 9.88. The third-order valence-corrected chi connectivity index (χ3v) is 7.77. The van der Waals surface area contributed by atoms with Crippen molar-refractivity contribution in [1.82, 2.24) is 9.80 Å². The molecule has 6 heteroatoms. The highest BCUT2D eigenvalue weighted by atomic mass is 16.5. The van der Waals surface area contributed by atoms with Crippen molar-refractivity contribution < 1.29 is 19.4 Å². The molecule has 3 aromatic carbocycles. The standard InChI is InChI=1S/C32H38N2O4/c1-37-30-10-6-9-26(13-14-31(36)34-17-4-5-18-34)32(30)38-23-29(35)22-33-19-15-25(16-20-33)28-12-11-24-7-2-3-8-27(24)21-28/h2-3,6-14,21,25,29,35H,4-5,15-20,22-23H2,1H3. The van der Waals surface area contributed by atoms with Gasteiger partial charge in [0.25, 0.3) is 0 Å². The third-order valence-electron chi connectivity index (χ3n) is 7.77. The van der Waals surface area contributed by atoms with E-state index in [-0.39, 0.29) is 12.5 Å². The number of amides is 1. The fourth-order valence-corrected chi connectivity index (χ4v) is 5.62. The Labute approximate surface area is 225 Å². The molecule has 3 aromatic rings. The zero-order valence-corrected chi connectivity index (χ0v) is 22.2. The number of hydrogen-bond donors (Lipinski definition) is 1. The first kappa shape index (κ1) is 26.3. The molecule has 0 aliphatic carbocycles. The minimum Gasteiger partial charge on any atom is -0.493 e. The number of hydrogen-bond acceptors (Lipinski definition) is 5. The van der Waals surface area contributed by atoms with Gasteiger partial charge in [-0.2, -0.15) is 0 Å². The second kappa shape index (κ2) is 12.5. The number of carbonyl (C=O) groups excluding carboxylic acids is 1. The summed E-state index contributed by atoms with van der Waals surface area (Å²) in [4.78, 5) is 16.7. The van der Waals surface area contributed by atoms with Crippen LogP contribution in [0.2, 0.25) is 0 Å². The number of methoxy groups -OCH3 is 1. The second-order valence-electron chi connectivity index (χ2n) is 10.4. The summed E-state index contributed by atoms with van der Waals surface area (Å²) >= 11 is 0. The molecule has 1 atom stereocenters. The smallest absolute Gasteiger partial charge is 0.246 e. The highest BCUT2D eigenvalue weighted by molar-refractivity contribution is 5.92. The Kier molecular flexibility index (Phi) is 8.61. The van der Waals surface area contributed by atoms with Crippen LogP contribution in [0, 0.1) is 0 Å². The Balaban J connectivity index is 1.14. The fourth-order valence-electron chi connectivity index (χ4n) is 5.62. The molecule has 2 aliphatic rings. The van der Waals surface area contributed by atoms with Crippen LogP contribution in [0.1, 0.15) is 42.7 Å². The molecule has 1 N–H and O–H groups in total. The van der Waals surface area contributed by atoms with Crippen LogP contribution in [-0.2, 0) is 4.79 Å². The first-order valence-corrected chi connectivity index (χ1v) is 13.8. The van der Waals surface area contributed by atoms with E-state index < -0.39 is 6.10 Å². The van der Waals surface area contributed by atoms with E-state index >= 15 is 0 Å². The normalized spacial score (nSPS) is 17.8. The van der Waals surface area contributed by atoms with Crippen molar-refractivity contribution in [2.75, 3.05) is 46.4 Å². The summed E-state index contributed by atoms with van der Waals surface area (Å²) in [5.41, 5.74) is 2.17. The van der Waals surface area contributed by atoms with E-state index in [9.17, 15) is 9.90 Å². The number of rotatable bonds is 9. The maximum Gasteiger partial charge on any atom is 0.246 e. The molecule has 1 amide bonds. The molecule has 1 unspecified atom stereocenters. The summed E-state index contributed by atoms with van der Waals surface area (Å²) in [5.74, 6) is 1.71. The minimum absolute atomic E-state index is 0.0170. The highest BCUT2D eigenvalue weighted by Crippen LogP contribution is 2.33. The number of likely N-dealkylation sites (tertiary alicyclic amines) is 2. The molecule has 2 aliphatic heterocycles. The lowest BCUT2D eigenvalue weighted by Crippen LogP contribution is -2.40. The number of β-amino-alcohol motifs (C(OH)–C–C–N with tert-alkyl or cyclic N) is 1. The van der Waals surface area contributed by atoms with E-state index in [1.807, 2.05) is 23.1 Å². The van der Waals surface area contributed by atoms with Crippen molar-refractivity contribution in [1.29, 1.82) is 0 Å². The number of para-hydroxylation sites is 1. The predicted octanol–water partition coefficient (Wildman–Crippen LogP) is 5.10. The number of aliphatic hydroxyl groups excluding tert-OH is 1. The molecule has 38 heavy (non-hydrogen) atoms. The van der Waals surface area contributed by atoms with Crippen LogP contribution in [0.3, 0.4) is 0 Å². The molecule has 5 rings (SSSR count). The number of nitrogens with zero attached hydrogens (tertiary/aromatic N) is 2. The molecule has 200 valence electrons. The van der Waals surface area contributed by atoms with Crippen molar-refractivity contribution in [3.8, 4) is 11.5 Å². The Hall–Kier alpha value is -3.35. The van der Waals surface area contributed by atoms with E-state index in [1.165, 1.54) is 16.3 Å². The molecule has 0 aromatic heterocycles. The maximum atomic E-state index is 12.5. The van der Waals surface area contributed by atoms with Gasteiger partial charge in [-0.3, -0.25) is 4.79 Å². The Morgan fingerprint density at radius 3 is 2.53 bits per heavy atom. The van der Waals surface area contributed by atoms with Gasteiger partial charge in [0.05, 0.1) is 7.11 Å². The van der Waals surface area contributed by atoms with Crippen LogP contribution in [0.15, 0.2) is 66.7 Å². The van der Waals surface area contributed by atoms with Gasteiger partial charge in [-0.1, -0.05) is 54.6 Å². The van der Waals surface area contributed by atoms with Crippen molar-refractivity contribution in [3.05, 3.63) is 77.9 Å². The SMILES string of the molecule is COc1cccc(C=CC(=O)N2CCCC2)c1OCC(O)CN1CCC(c2ccc3ccccc3c2)CC1. The van der Waals surface area contributed by atoms with Crippen LogP contribution in [-0.4, -0.2) is 73.4 Å². The van der Waals surface area contributed by atoms with Gasteiger partial charge in [0.2, 0.25) is 5.91 Å². The number of aliphatic hydroxyl groups is 1. The Bertz CT molecular complexity index is 1260. The Morgan fingerprint density at radius 1 is 1.00 bits per heavy atom. The lowest BCUT2D eigenvalue weighted by Gasteiger charge is -2.33. The first-order valence-electron chi connectivity index (χ1n) is 13.8. The zero-order chi connectivity index (χ0) is 26.3. The number of carbonyl (C=O) groups is 1. The molecule has 0 saturated carbocycles. The van der Waals surface area contributed by atoms with Crippen LogP contribution in [0.25, 0.3) is 16.8 Å². The van der Waals surface area contributed by atoms with Crippen LogP contribution < -0.4 is 9.47 Å². The van der Waals surface area contributed by atoms with Gasteiger partial charge in [0.1, 0.15) is 12.7 Å². The van der Waals surface area contributed by atoms with Gasteiger partial charge in [-0.15, -0.1) is 0 Å². The molecule has 2 fully saturated rings. The average Bonchev–Trinajstić information content (AvgIpc) is 3.50. The molecule has 0 radical (unpaired) electrons. The third kappa shape index (κ3) is 6.37. The zero-order valence-electron chi connectivity index (χ0n) is 22.2. The molecular formula is C32H38N2O4. The van der Waals surface area contributed by atoms with Crippen molar-refractivity contribution in [3.63, 3.8) is 0 Å².